The summed E-state index contributed by atoms with van der Waals surface area (Å²) in [5.74, 6) is 1.74. The Hall–Kier alpha value is -2.54. The van der Waals surface area contributed by atoms with E-state index in [9.17, 15) is 0 Å². The van der Waals surface area contributed by atoms with E-state index in [1.54, 1.807) is 7.11 Å². The van der Waals surface area contributed by atoms with E-state index in [1.807, 2.05) is 31.2 Å². The van der Waals surface area contributed by atoms with Crippen LogP contribution in [0.5, 0.6) is 0 Å². The molecule has 0 aliphatic rings. The molecular weight excluding hydrogens is 294 g/mol. The van der Waals surface area contributed by atoms with Crippen LogP contribution in [0.4, 0.5) is 5.82 Å². The number of rotatable bonds is 7. The molecule has 0 spiro atoms. The van der Waals surface area contributed by atoms with Crippen molar-refractivity contribution in [3.63, 3.8) is 0 Å². The second-order valence-corrected chi connectivity index (χ2v) is 5.07. The van der Waals surface area contributed by atoms with E-state index in [4.69, 9.17) is 9.15 Å². The van der Waals surface area contributed by atoms with Gasteiger partial charge in [-0.05, 0) is 6.42 Å². The lowest BCUT2D eigenvalue weighted by atomic mass is 10.1. The second kappa shape index (κ2) is 7.15. The second-order valence-electron chi connectivity index (χ2n) is 5.07. The molecule has 0 saturated heterocycles. The number of nitrogens with one attached hydrogen (secondary N) is 1. The number of benzene rings is 1. The number of aryl methyl sites for hydroxylation is 1. The summed E-state index contributed by atoms with van der Waals surface area (Å²) in [6.45, 7) is 3.44. The van der Waals surface area contributed by atoms with Crippen molar-refractivity contribution in [3.05, 3.63) is 30.2 Å². The van der Waals surface area contributed by atoms with Gasteiger partial charge in [0.2, 0.25) is 5.89 Å². The summed E-state index contributed by atoms with van der Waals surface area (Å²) in [6, 6.07) is 7.91. The third-order valence-corrected chi connectivity index (χ3v) is 3.48. The molecule has 0 saturated carbocycles. The maximum Gasteiger partial charge on any atom is 0.268 e. The van der Waals surface area contributed by atoms with Gasteiger partial charge in [-0.3, -0.25) is 0 Å². The molecule has 1 N–H and O–H groups in total. The van der Waals surface area contributed by atoms with E-state index in [-0.39, 0.29) is 0 Å². The first-order valence-corrected chi connectivity index (χ1v) is 7.64. The number of ether oxygens (including phenoxy) is 1. The third-order valence-electron chi connectivity index (χ3n) is 3.48. The number of fused-ring (bicyclic) bond motifs is 1. The summed E-state index contributed by atoms with van der Waals surface area (Å²) in [7, 11) is 1.69. The third kappa shape index (κ3) is 3.29. The maximum atomic E-state index is 5.62. The van der Waals surface area contributed by atoms with Gasteiger partial charge in [0.05, 0.1) is 0 Å². The highest BCUT2D eigenvalue weighted by molar-refractivity contribution is 5.98. The van der Waals surface area contributed by atoms with Crippen LogP contribution in [0.15, 0.2) is 28.7 Å². The summed E-state index contributed by atoms with van der Waals surface area (Å²) in [5, 5.41) is 21.8. The van der Waals surface area contributed by atoms with Gasteiger partial charge in [-0.1, -0.05) is 31.2 Å². The summed E-state index contributed by atoms with van der Waals surface area (Å²) < 4.78 is 10.7. The molecule has 1 aromatic carbocycles. The number of aromatic nitrogens is 4. The van der Waals surface area contributed by atoms with Gasteiger partial charge in [-0.15, -0.1) is 20.4 Å². The van der Waals surface area contributed by atoms with Crippen LogP contribution in [0.3, 0.4) is 0 Å². The zero-order valence-electron chi connectivity index (χ0n) is 13.2. The van der Waals surface area contributed by atoms with E-state index >= 15 is 0 Å². The molecule has 7 nitrogen and oxygen atoms in total. The molecule has 7 heteroatoms. The first kappa shape index (κ1) is 15.4. The van der Waals surface area contributed by atoms with Crippen LogP contribution in [-0.4, -0.2) is 40.7 Å². The van der Waals surface area contributed by atoms with Crippen molar-refractivity contribution < 1.29 is 9.15 Å². The lowest BCUT2D eigenvalue weighted by Gasteiger charge is -2.09. The van der Waals surface area contributed by atoms with Crippen molar-refractivity contribution in [2.75, 3.05) is 25.6 Å². The van der Waals surface area contributed by atoms with Crippen LogP contribution < -0.4 is 5.32 Å². The molecule has 120 valence electrons. The Morgan fingerprint density at radius 2 is 1.91 bits per heavy atom. The SMILES string of the molecule is CCc1nnc(-c2nnc(NCCCOC)c3ccccc23)o1. The monoisotopic (exact) mass is 313 g/mol. The Balaban J connectivity index is 1.95. The van der Waals surface area contributed by atoms with E-state index in [1.165, 1.54) is 0 Å². The average Bonchev–Trinajstić information content (AvgIpc) is 3.07. The molecule has 23 heavy (non-hydrogen) atoms. The molecule has 0 radical (unpaired) electrons. The Bertz CT molecular complexity index is 787. The van der Waals surface area contributed by atoms with Gasteiger partial charge in [0, 0.05) is 37.5 Å². The molecule has 0 bridgehead atoms. The predicted octanol–water partition coefficient (Wildman–Crippen LogP) is 2.69. The average molecular weight is 313 g/mol. The van der Waals surface area contributed by atoms with E-state index in [2.05, 4.69) is 25.7 Å². The van der Waals surface area contributed by atoms with Crippen LogP contribution in [0.1, 0.15) is 19.2 Å². The zero-order chi connectivity index (χ0) is 16.1. The number of hydrogen-bond acceptors (Lipinski definition) is 7. The van der Waals surface area contributed by atoms with Gasteiger partial charge in [-0.25, -0.2) is 0 Å². The van der Waals surface area contributed by atoms with Crippen molar-refractivity contribution >= 4 is 16.6 Å². The molecule has 2 aromatic heterocycles. The lowest BCUT2D eigenvalue weighted by molar-refractivity contribution is 0.198. The summed E-state index contributed by atoms with van der Waals surface area (Å²) in [4.78, 5) is 0. The van der Waals surface area contributed by atoms with E-state index in [0.29, 0.717) is 30.5 Å². The Kier molecular flexibility index (Phi) is 4.77. The van der Waals surface area contributed by atoms with Gasteiger partial charge in [0.25, 0.3) is 5.89 Å². The number of methoxy groups -OCH3 is 1. The highest BCUT2D eigenvalue weighted by Crippen LogP contribution is 2.28. The quantitative estimate of drug-likeness (QED) is 0.671. The fourth-order valence-electron chi connectivity index (χ4n) is 2.31. The number of anilines is 1. The van der Waals surface area contributed by atoms with Gasteiger partial charge in [-0.2, -0.15) is 0 Å². The van der Waals surface area contributed by atoms with Crippen LogP contribution in [0.25, 0.3) is 22.4 Å². The van der Waals surface area contributed by atoms with E-state index < -0.39 is 0 Å². The highest BCUT2D eigenvalue weighted by Gasteiger charge is 2.15. The number of nitrogens with zero attached hydrogens (tertiary/aromatic N) is 4. The van der Waals surface area contributed by atoms with Crippen molar-refractivity contribution in [3.8, 4) is 11.6 Å². The largest absolute Gasteiger partial charge is 0.419 e. The topological polar surface area (TPSA) is 86.0 Å². The minimum absolute atomic E-state index is 0.400. The van der Waals surface area contributed by atoms with Crippen molar-refractivity contribution in [2.45, 2.75) is 19.8 Å². The minimum Gasteiger partial charge on any atom is -0.419 e. The fourth-order valence-corrected chi connectivity index (χ4v) is 2.31. The molecule has 0 fully saturated rings. The standard InChI is InChI=1S/C16H19N5O2/c1-3-13-18-21-16(23-13)14-11-7-4-5-8-12(11)15(20-19-14)17-9-6-10-22-2/h4-5,7-8H,3,6,9-10H2,1-2H3,(H,17,20). The molecule has 0 unspecified atom stereocenters. The molecule has 0 aliphatic carbocycles. The molecule has 0 amide bonds. The van der Waals surface area contributed by atoms with Crippen LogP contribution in [0, 0.1) is 0 Å². The lowest BCUT2D eigenvalue weighted by Crippen LogP contribution is -2.07. The predicted molar refractivity (Wildman–Crippen MR) is 87.2 cm³/mol. The van der Waals surface area contributed by atoms with Crippen molar-refractivity contribution in [1.82, 2.24) is 20.4 Å². The Labute approximate surface area is 134 Å². The fraction of sp³-hybridized carbons (Fsp3) is 0.375. The van der Waals surface area contributed by atoms with Crippen LogP contribution in [-0.2, 0) is 11.2 Å². The molecule has 2 heterocycles. The Morgan fingerprint density at radius 3 is 2.65 bits per heavy atom. The molecule has 0 aliphatic heterocycles. The van der Waals surface area contributed by atoms with Gasteiger partial charge < -0.3 is 14.5 Å². The van der Waals surface area contributed by atoms with Gasteiger partial charge in [0.15, 0.2) is 11.5 Å². The van der Waals surface area contributed by atoms with Gasteiger partial charge >= 0.3 is 0 Å². The zero-order valence-corrected chi connectivity index (χ0v) is 13.2. The van der Waals surface area contributed by atoms with Crippen LogP contribution >= 0.6 is 0 Å². The molecule has 3 rings (SSSR count). The maximum absolute atomic E-state index is 5.62. The molecule has 3 aromatic rings. The summed E-state index contributed by atoms with van der Waals surface area (Å²) >= 11 is 0. The van der Waals surface area contributed by atoms with Crippen molar-refractivity contribution in [2.24, 2.45) is 0 Å². The molecule has 0 atom stereocenters. The normalized spacial score (nSPS) is 11.0. The Morgan fingerprint density at radius 1 is 1.09 bits per heavy atom. The molecular formula is C16H19N5O2. The number of hydrogen-bond donors (Lipinski definition) is 1. The highest BCUT2D eigenvalue weighted by atomic mass is 16.5. The van der Waals surface area contributed by atoms with Crippen LogP contribution in [0.2, 0.25) is 0 Å². The summed E-state index contributed by atoms with van der Waals surface area (Å²) in [5.41, 5.74) is 0.607. The van der Waals surface area contributed by atoms with Gasteiger partial charge in [0.1, 0.15) is 0 Å². The summed E-state index contributed by atoms with van der Waals surface area (Å²) in [6.07, 6.45) is 1.59. The first-order chi connectivity index (χ1) is 11.3. The van der Waals surface area contributed by atoms with E-state index in [0.717, 1.165) is 29.6 Å². The van der Waals surface area contributed by atoms with Crippen molar-refractivity contribution in [1.29, 1.82) is 0 Å². The smallest absolute Gasteiger partial charge is 0.268 e. The first-order valence-electron chi connectivity index (χ1n) is 7.64. The minimum atomic E-state index is 0.400.